The van der Waals surface area contributed by atoms with Crippen LogP contribution in [0.5, 0.6) is 5.75 Å². The molecule has 0 atom stereocenters. The second-order valence-corrected chi connectivity index (χ2v) is 7.57. The van der Waals surface area contributed by atoms with Gasteiger partial charge in [-0.05, 0) is 0 Å². The molecule has 90 valence electrons. The Morgan fingerprint density at radius 1 is 1.11 bits per heavy atom. The van der Waals surface area contributed by atoms with Crippen LogP contribution in [0, 0.1) is 0 Å². The van der Waals surface area contributed by atoms with E-state index in [2.05, 4.69) is 35.3 Å². The van der Waals surface area contributed by atoms with E-state index in [0.717, 1.165) is 11.3 Å². The summed E-state index contributed by atoms with van der Waals surface area (Å²) in [6.45, 7) is 0. The number of fused-ring (bicyclic) bond motifs is 1. The number of thiazole rings is 1. The molecule has 0 unspecified atom stereocenters. The van der Waals surface area contributed by atoms with E-state index < -0.39 is 0 Å². The molecule has 0 amide bonds. The molecule has 3 aromatic rings. The van der Waals surface area contributed by atoms with E-state index in [1.807, 2.05) is 18.2 Å². The Morgan fingerprint density at radius 3 is 2.72 bits per heavy atom. The minimum atomic E-state index is 0.290. The second-order valence-electron chi connectivity index (χ2n) is 3.73. The van der Waals surface area contributed by atoms with Gasteiger partial charge in [-0.15, -0.1) is 0 Å². The van der Waals surface area contributed by atoms with E-state index in [-0.39, 0.29) is 15.0 Å². The minimum absolute atomic E-state index is 0.290. The summed E-state index contributed by atoms with van der Waals surface area (Å²) in [7, 11) is 1.69. The molecule has 3 rings (SSSR count). The first kappa shape index (κ1) is 11.7. The summed E-state index contributed by atoms with van der Waals surface area (Å²) in [4.78, 5) is 4.67. The van der Waals surface area contributed by atoms with Crippen molar-refractivity contribution in [3.8, 4) is 5.75 Å². The first-order valence-corrected chi connectivity index (χ1v) is 8.05. The molecule has 0 saturated heterocycles. The van der Waals surface area contributed by atoms with Crippen LogP contribution >= 0.6 is 11.3 Å². The Kier molecular flexibility index (Phi) is 3.32. The maximum absolute atomic E-state index is 5.23. The third-order valence-electron chi connectivity index (χ3n) is 2.52. The summed E-state index contributed by atoms with van der Waals surface area (Å²) in [6.07, 6.45) is 0. The molecule has 0 aliphatic heterocycles. The average Bonchev–Trinajstić information content (AvgIpc) is 2.80. The van der Waals surface area contributed by atoms with E-state index in [1.54, 1.807) is 18.4 Å². The van der Waals surface area contributed by atoms with Crippen molar-refractivity contribution in [2.24, 2.45) is 0 Å². The molecule has 0 spiro atoms. The van der Waals surface area contributed by atoms with Crippen LogP contribution in [-0.2, 0) is 0 Å². The molecule has 0 saturated carbocycles. The number of methoxy groups -OCH3 is 1. The Balaban J connectivity index is 1.94. The van der Waals surface area contributed by atoms with Gasteiger partial charge in [0.15, 0.2) is 0 Å². The van der Waals surface area contributed by atoms with Crippen LogP contribution < -0.4 is 13.1 Å². The van der Waals surface area contributed by atoms with Gasteiger partial charge in [0.2, 0.25) is 0 Å². The van der Waals surface area contributed by atoms with Gasteiger partial charge in [0, 0.05) is 0 Å². The number of hydrogen-bond acceptors (Lipinski definition) is 3. The van der Waals surface area contributed by atoms with Crippen LogP contribution in [0.25, 0.3) is 10.2 Å². The van der Waals surface area contributed by atoms with E-state index in [1.165, 1.54) is 13.1 Å². The van der Waals surface area contributed by atoms with Crippen LogP contribution in [0.15, 0.2) is 48.5 Å². The number of ether oxygens (including phenoxy) is 1. The normalized spacial score (nSPS) is 10.7. The SMILES string of the molecule is COc1ccc2nc([Se]c3ccccc3)sc2c1. The summed E-state index contributed by atoms with van der Waals surface area (Å²) < 4.78 is 8.99. The van der Waals surface area contributed by atoms with Crippen molar-refractivity contribution in [2.75, 3.05) is 7.11 Å². The van der Waals surface area contributed by atoms with Crippen molar-refractivity contribution in [3.05, 3.63) is 48.5 Å². The van der Waals surface area contributed by atoms with E-state index in [9.17, 15) is 0 Å². The zero-order valence-electron chi connectivity index (χ0n) is 9.79. The predicted molar refractivity (Wildman–Crippen MR) is 77.6 cm³/mol. The van der Waals surface area contributed by atoms with Gasteiger partial charge >= 0.3 is 116 Å². The molecule has 0 N–H and O–H groups in total. The quantitative estimate of drug-likeness (QED) is 0.688. The molecular weight excluding hydrogens is 309 g/mol. The van der Waals surface area contributed by atoms with Gasteiger partial charge in [-0.3, -0.25) is 0 Å². The monoisotopic (exact) mass is 321 g/mol. The molecule has 4 heteroatoms. The van der Waals surface area contributed by atoms with Gasteiger partial charge in [-0.25, -0.2) is 0 Å². The van der Waals surface area contributed by atoms with Crippen LogP contribution in [-0.4, -0.2) is 27.1 Å². The number of hydrogen-bond donors (Lipinski definition) is 0. The summed E-state index contributed by atoms with van der Waals surface area (Å²) in [6, 6.07) is 16.6. The van der Waals surface area contributed by atoms with Gasteiger partial charge in [0.25, 0.3) is 0 Å². The van der Waals surface area contributed by atoms with E-state index in [0.29, 0.717) is 0 Å². The molecule has 0 radical (unpaired) electrons. The fraction of sp³-hybridized carbons (Fsp3) is 0.0714. The van der Waals surface area contributed by atoms with Crippen LogP contribution in [0.4, 0.5) is 0 Å². The second kappa shape index (κ2) is 5.10. The van der Waals surface area contributed by atoms with Gasteiger partial charge in [0.05, 0.1) is 0 Å². The number of rotatable bonds is 3. The molecule has 18 heavy (non-hydrogen) atoms. The van der Waals surface area contributed by atoms with Gasteiger partial charge in [-0.1, -0.05) is 0 Å². The first-order chi connectivity index (χ1) is 8.85. The first-order valence-electron chi connectivity index (χ1n) is 5.52. The van der Waals surface area contributed by atoms with Crippen molar-refractivity contribution in [3.63, 3.8) is 0 Å². The van der Waals surface area contributed by atoms with Gasteiger partial charge in [-0.2, -0.15) is 0 Å². The fourth-order valence-electron chi connectivity index (χ4n) is 1.64. The van der Waals surface area contributed by atoms with Crippen molar-refractivity contribution < 1.29 is 4.74 Å². The standard InChI is InChI=1S/C14H11NOSSe/c1-16-10-7-8-12-13(9-10)17-14(15-12)18-11-5-3-2-4-6-11/h2-9H,1H3. The molecule has 0 aliphatic carbocycles. The Bertz CT molecular complexity index is 666. The third-order valence-corrected chi connectivity index (χ3v) is 5.92. The summed E-state index contributed by atoms with van der Waals surface area (Å²) >= 11 is 2.05. The fourth-order valence-corrected chi connectivity index (χ4v) is 5.08. The van der Waals surface area contributed by atoms with Crippen molar-refractivity contribution in [1.82, 2.24) is 4.98 Å². The molecule has 1 aromatic heterocycles. The molecule has 1 heterocycles. The van der Waals surface area contributed by atoms with Crippen LogP contribution in [0.1, 0.15) is 0 Å². The summed E-state index contributed by atoms with van der Waals surface area (Å²) in [5.41, 5.74) is 1.06. The maximum atomic E-state index is 5.23. The summed E-state index contributed by atoms with van der Waals surface area (Å²) in [5.74, 6) is 0.893. The molecular formula is C14H11NOSSe. The summed E-state index contributed by atoms with van der Waals surface area (Å²) in [5, 5.41) is 0. The number of aromatic nitrogens is 1. The molecule has 0 fully saturated rings. The van der Waals surface area contributed by atoms with Gasteiger partial charge in [0.1, 0.15) is 0 Å². The van der Waals surface area contributed by atoms with Crippen molar-refractivity contribution >= 4 is 44.9 Å². The zero-order valence-corrected chi connectivity index (χ0v) is 12.3. The Morgan fingerprint density at radius 2 is 1.94 bits per heavy atom. The number of benzene rings is 2. The molecule has 0 bridgehead atoms. The molecule has 2 nitrogen and oxygen atoms in total. The molecule has 0 aliphatic rings. The topological polar surface area (TPSA) is 22.1 Å². The molecule has 2 aromatic carbocycles. The van der Waals surface area contributed by atoms with Crippen LogP contribution in [0.2, 0.25) is 0 Å². The van der Waals surface area contributed by atoms with E-state index in [4.69, 9.17) is 4.74 Å². The number of nitrogens with zero attached hydrogens (tertiary/aromatic N) is 1. The third kappa shape index (κ3) is 2.41. The van der Waals surface area contributed by atoms with Crippen molar-refractivity contribution in [2.45, 2.75) is 0 Å². The predicted octanol–water partition coefficient (Wildman–Crippen LogP) is 1.96. The Labute approximate surface area is 116 Å². The van der Waals surface area contributed by atoms with Crippen LogP contribution in [0.3, 0.4) is 0 Å². The van der Waals surface area contributed by atoms with E-state index >= 15 is 0 Å². The Hall–Kier alpha value is -1.35. The average molecular weight is 320 g/mol. The van der Waals surface area contributed by atoms with Crippen molar-refractivity contribution in [1.29, 1.82) is 0 Å². The van der Waals surface area contributed by atoms with Gasteiger partial charge < -0.3 is 0 Å². The zero-order chi connectivity index (χ0) is 12.4.